The number of phosphoric acid groups is 1. The third kappa shape index (κ3) is 6.01. The molecule has 0 bridgehead atoms. The van der Waals surface area contributed by atoms with Gasteiger partial charge in [-0.05, 0) is 24.0 Å². The Morgan fingerprint density at radius 2 is 1.37 bits per heavy atom. The van der Waals surface area contributed by atoms with Gasteiger partial charge in [-0.1, -0.05) is 74.5 Å². The van der Waals surface area contributed by atoms with Gasteiger partial charge in [0.15, 0.2) is 5.60 Å². The van der Waals surface area contributed by atoms with Gasteiger partial charge in [-0.3, -0.25) is 13.6 Å². The number of aliphatic carboxylic acids is 1. The van der Waals surface area contributed by atoms with Gasteiger partial charge in [-0.15, -0.1) is 0 Å². The molecule has 2 aromatic rings. The topological polar surface area (TPSA) is 82.1 Å². The molecule has 0 saturated carbocycles. The maximum absolute atomic E-state index is 13.3. The minimum Gasteiger partial charge on any atom is -0.479 e. The lowest BCUT2D eigenvalue weighted by atomic mass is 9.93. The molecule has 2 rings (SSSR count). The first-order chi connectivity index (χ1) is 12.8. The Bertz CT molecular complexity index is 730. The first-order valence-electron chi connectivity index (χ1n) is 8.66. The predicted octanol–water partition coefficient (Wildman–Crippen LogP) is 5.04. The smallest absolute Gasteiger partial charge is 0.476 e. The molecule has 1 N–H and O–H groups in total. The maximum atomic E-state index is 13.3. The molecule has 0 aliphatic heterocycles. The van der Waals surface area contributed by atoms with Gasteiger partial charge in [0, 0.05) is 0 Å². The molecule has 0 aliphatic carbocycles. The lowest BCUT2D eigenvalue weighted by molar-refractivity contribution is -0.160. The van der Waals surface area contributed by atoms with Crippen LogP contribution in [0.4, 0.5) is 0 Å². The summed E-state index contributed by atoms with van der Waals surface area (Å²) in [5, 5.41) is 9.58. The van der Waals surface area contributed by atoms with Crippen molar-refractivity contribution in [2.24, 2.45) is 5.92 Å². The largest absolute Gasteiger partial charge is 0.479 e. The summed E-state index contributed by atoms with van der Waals surface area (Å²) in [5.74, 6) is -1.69. The normalized spacial score (nSPS) is 14.1. The SMILES string of the molecule is CC(C)C(C)(OP(=O)(OCc1ccccc1)OCc1ccccc1)C(=O)O. The Kier molecular flexibility index (Phi) is 7.33. The van der Waals surface area contributed by atoms with Gasteiger partial charge < -0.3 is 5.11 Å². The number of carboxylic acids is 1. The number of benzene rings is 2. The van der Waals surface area contributed by atoms with E-state index in [4.69, 9.17) is 13.6 Å². The van der Waals surface area contributed by atoms with E-state index >= 15 is 0 Å². The lowest BCUT2D eigenvalue weighted by Crippen LogP contribution is -2.42. The molecule has 2 aromatic carbocycles. The van der Waals surface area contributed by atoms with Crippen LogP contribution in [-0.4, -0.2) is 16.7 Å². The second kappa shape index (κ2) is 9.29. The summed E-state index contributed by atoms with van der Waals surface area (Å²) >= 11 is 0. The summed E-state index contributed by atoms with van der Waals surface area (Å²) in [6.45, 7) is 4.66. The number of hydrogen-bond donors (Lipinski definition) is 1. The molecule has 0 heterocycles. The van der Waals surface area contributed by atoms with Crippen LogP contribution in [0.25, 0.3) is 0 Å². The van der Waals surface area contributed by atoms with E-state index in [9.17, 15) is 14.5 Å². The highest BCUT2D eigenvalue weighted by Crippen LogP contribution is 2.55. The van der Waals surface area contributed by atoms with Crippen molar-refractivity contribution in [1.29, 1.82) is 0 Å². The van der Waals surface area contributed by atoms with Crippen LogP contribution in [0.5, 0.6) is 0 Å². The number of carboxylic acid groups (broad SMARTS) is 1. The van der Waals surface area contributed by atoms with Crippen LogP contribution in [0.1, 0.15) is 31.9 Å². The van der Waals surface area contributed by atoms with Gasteiger partial charge in [0.25, 0.3) is 0 Å². The Balaban J connectivity index is 2.20. The van der Waals surface area contributed by atoms with E-state index in [1.807, 2.05) is 36.4 Å². The van der Waals surface area contributed by atoms with E-state index in [1.165, 1.54) is 6.92 Å². The summed E-state index contributed by atoms with van der Waals surface area (Å²) in [6, 6.07) is 18.2. The fraction of sp³-hybridized carbons (Fsp3) is 0.350. The van der Waals surface area contributed by atoms with E-state index in [2.05, 4.69) is 0 Å². The maximum Gasteiger partial charge on any atom is 0.476 e. The third-order valence-electron chi connectivity index (χ3n) is 4.29. The second-order valence-corrected chi connectivity index (χ2v) is 8.22. The van der Waals surface area contributed by atoms with Crippen molar-refractivity contribution >= 4 is 13.8 Å². The highest BCUT2D eigenvalue weighted by molar-refractivity contribution is 7.48. The zero-order valence-corrected chi connectivity index (χ0v) is 16.6. The summed E-state index contributed by atoms with van der Waals surface area (Å²) < 4.78 is 29.7. The number of phosphoric ester groups is 1. The van der Waals surface area contributed by atoms with Crippen molar-refractivity contribution in [3.63, 3.8) is 0 Å². The van der Waals surface area contributed by atoms with Gasteiger partial charge >= 0.3 is 13.8 Å². The van der Waals surface area contributed by atoms with Crippen molar-refractivity contribution in [3.05, 3.63) is 71.8 Å². The summed E-state index contributed by atoms with van der Waals surface area (Å²) in [7, 11) is -4.16. The molecular weight excluding hydrogens is 367 g/mol. The van der Waals surface area contributed by atoms with Gasteiger partial charge in [0.1, 0.15) is 0 Å². The van der Waals surface area contributed by atoms with Gasteiger partial charge in [-0.25, -0.2) is 9.36 Å². The highest BCUT2D eigenvalue weighted by atomic mass is 31.2. The summed E-state index contributed by atoms with van der Waals surface area (Å²) in [6.07, 6.45) is 0. The van der Waals surface area contributed by atoms with Crippen LogP contribution in [0.3, 0.4) is 0 Å². The van der Waals surface area contributed by atoms with E-state index in [0.29, 0.717) is 0 Å². The van der Waals surface area contributed by atoms with E-state index in [-0.39, 0.29) is 13.2 Å². The Hall–Kier alpha value is -1.98. The molecule has 6 nitrogen and oxygen atoms in total. The van der Waals surface area contributed by atoms with Crippen LogP contribution in [0.15, 0.2) is 60.7 Å². The van der Waals surface area contributed by atoms with Crippen molar-refractivity contribution in [2.45, 2.75) is 39.6 Å². The minimum atomic E-state index is -4.16. The van der Waals surface area contributed by atoms with Gasteiger partial charge in [-0.2, -0.15) is 0 Å². The van der Waals surface area contributed by atoms with Gasteiger partial charge in [0.05, 0.1) is 13.2 Å². The van der Waals surface area contributed by atoms with Crippen molar-refractivity contribution < 1.29 is 28.0 Å². The van der Waals surface area contributed by atoms with Crippen molar-refractivity contribution in [3.8, 4) is 0 Å². The molecule has 0 aromatic heterocycles. The Labute approximate surface area is 159 Å². The first-order valence-corrected chi connectivity index (χ1v) is 10.1. The second-order valence-electron chi connectivity index (χ2n) is 6.62. The molecule has 0 aliphatic rings. The Morgan fingerprint density at radius 1 is 0.963 bits per heavy atom. The average Bonchev–Trinajstić information content (AvgIpc) is 2.66. The van der Waals surface area contributed by atoms with Crippen LogP contribution in [0.2, 0.25) is 0 Å². The molecule has 146 valence electrons. The molecule has 0 fully saturated rings. The lowest BCUT2D eigenvalue weighted by Gasteiger charge is -2.32. The molecule has 27 heavy (non-hydrogen) atoms. The molecule has 0 radical (unpaired) electrons. The van der Waals surface area contributed by atoms with Crippen LogP contribution in [0, 0.1) is 5.92 Å². The van der Waals surface area contributed by atoms with Crippen molar-refractivity contribution in [1.82, 2.24) is 0 Å². The monoisotopic (exact) mass is 392 g/mol. The first kappa shape index (κ1) is 21.3. The fourth-order valence-electron chi connectivity index (χ4n) is 2.17. The van der Waals surface area contributed by atoms with Gasteiger partial charge in [0.2, 0.25) is 0 Å². The number of carbonyl (C=O) groups is 1. The average molecular weight is 392 g/mol. The summed E-state index contributed by atoms with van der Waals surface area (Å²) in [4.78, 5) is 11.7. The summed E-state index contributed by atoms with van der Waals surface area (Å²) in [5.41, 5.74) is -0.180. The van der Waals surface area contributed by atoms with Crippen LogP contribution < -0.4 is 0 Å². The molecule has 0 saturated heterocycles. The van der Waals surface area contributed by atoms with E-state index < -0.39 is 25.3 Å². The Morgan fingerprint density at radius 3 is 1.70 bits per heavy atom. The van der Waals surface area contributed by atoms with Crippen LogP contribution >= 0.6 is 7.82 Å². The molecule has 1 unspecified atom stereocenters. The van der Waals surface area contributed by atoms with E-state index in [0.717, 1.165) is 11.1 Å². The quantitative estimate of drug-likeness (QED) is 0.570. The molecule has 0 amide bonds. The molecular formula is C20H25O6P. The minimum absolute atomic E-state index is 0.0271. The molecule has 1 atom stereocenters. The third-order valence-corrected chi connectivity index (χ3v) is 5.79. The standard InChI is InChI=1S/C20H25O6P/c1-16(2)20(3,19(21)22)26-27(23,24-14-17-10-6-4-7-11-17)25-15-18-12-8-5-9-13-18/h4-13,16H,14-15H2,1-3H3,(H,21,22). The van der Waals surface area contributed by atoms with Crippen LogP contribution in [-0.2, 0) is 36.1 Å². The van der Waals surface area contributed by atoms with Crippen molar-refractivity contribution in [2.75, 3.05) is 0 Å². The van der Waals surface area contributed by atoms with E-state index in [1.54, 1.807) is 38.1 Å². The molecule has 0 spiro atoms. The number of hydrogen-bond acceptors (Lipinski definition) is 5. The zero-order chi connectivity index (χ0) is 19.9. The predicted molar refractivity (Wildman–Crippen MR) is 102 cm³/mol. The number of rotatable bonds is 10. The fourth-order valence-corrected chi connectivity index (χ4v) is 3.72. The zero-order valence-electron chi connectivity index (χ0n) is 15.7. The molecule has 7 heteroatoms. The highest BCUT2D eigenvalue weighted by Gasteiger charge is 2.46.